The first-order valence-electron chi connectivity index (χ1n) is 4.45. The van der Waals surface area contributed by atoms with Gasteiger partial charge in [0.15, 0.2) is 0 Å². The van der Waals surface area contributed by atoms with Crippen LogP contribution in [-0.4, -0.2) is 38.2 Å². The van der Waals surface area contributed by atoms with Gasteiger partial charge in [0.1, 0.15) is 6.10 Å². The van der Waals surface area contributed by atoms with Gasteiger partial charge in [-0.3, -0.25) is 14.4 Å². The number of hydrogen-bond acceptors (Lipinski definition) is 6. The van der Waals surface area contributed by atoms with E-state index in [9.17, 15) is 14.4 Å². The number of methoxy groups -OCH3 is 2. The molecule has 0 aromatic rings. The molecule has 0 aromatic carbocycles. The zero-order chi connectivity index (χ0) is 11.2. The molecule has 0 spiro atoms. The molecule has 0 radical (unpaired) electrons. The second-order valence-corrected chi connectivity index (χ2v) is 3.57. The van der Waals surface area contributed by atoms with Crippen LogP contribution in [0, 0.1) is 11.3 Å². The van der Waals surface area contributed by atoms with Gasteiger partial charge in [0.25, 0.3) is 0 Å². The molecule has 1 saturated heterocycles. The molecule has 6 heteroatoms. The molecule has 82 valence electrons. The zero-order valence-corrected chi connectivity index (χ0v) is 8.31. The SMILES string of the molecule is COC(=O)C1(C(=O)OC)[C@@H]2OC(=O)C[C@@H]21. The lowest BCUT2D eigenvalue weighted by Crippen LogP contribution is -2.35. The average Bonchev–Trinajstić information content (AvgIpc) is 2.65. The summed E-state index contributed by atoms with van der Waals surface area (Å²) in [6.45, 7) is 0. The highest BCUT2D eigenvalue weighted by Crippen LogP contribution is 2.61. The first-order chi connectivity index (χ1) is 7.08. The van der Waals surface area contributed by atoms with Gasteiger partial charge in [-0.2, -0.15) is 0 Å². The average molecular weight is 214 g/mol. The van der Waals surface area contributed by atoms with E-state index in [2.05, 4.69) is 9.47 Å². The summed E-state index contributed by atoms with van der Waals surface area (Å²) in [7, 11) is 2.37. The maximum Gasteiger partial charge on any atom is 0.327 e. The Balaban J connectivity index is 2.26. The predicted octanol–water partition coefficient (Wildman–Crippen LogP) is -0.736. The second kappa shape index (κ2) is 2.95. The van der Waals surface area contributed by atoms with E-state index in [0.29, 0.717) is 0 Å². The number of ether oxygens (including phenoxy) is 3. The Labute approximate surface area is 85.5 Å². The minimum atomic E-state index is -1.41. The molecular weight excluding hydrogens is 204 g/mol. The molecular formula is C9H10O6. The summed E-state index contributed by atoms with van der Waals surface area (Å²) in [5, 5.41) is 0. The Morgan fingerprint density at radius 1 is 1.33 bits per heavy atom. The first kappa shape index (κ1) is 9.95. The van der Waals surface area contributed by atoms with Gasteiger partial charge < -0.3 is 14.2 Å². The largest absolute Gasteiger partial charge is 0.468 e. The van der Waals surface area contributed by atoms with Crippen molar-refractivity contribution in [2.24, 2.45) is 11.3 Å². The van der Waals surface area contributed by atoms with Gasteiger partial charge in [-0.05, 0) is 0 Å². The van der Waals surface area contributed by atoms with Gasteiger partial charge >= 0.3 is 17.9 Å². The number of esters is 3. The van der Waals surface area contributed by atoms with Crippen LogP contribution in [0.4, 0.5) is 0 Å². The normalized spacial score (nSPS) is 30.1. The number of carbonyl (C=O) groups excluding carboxylic acids is 3. The van der Waals surface area contributed by atoms with E-state index >= 15 is 0 Å². The maximum atomic E-state index is 11.5. The number of hydrogen-bond donors (Lipinski definition) is 0. The molecule has 2 fully saturated rings. The molecule has 6 nitrogen and oxygen atoms in total. The van der Waals surface area contributed by atoms with Gasteiger partial charge in [0, 0.05) is 5.92 Å². The summed E-state index contributed by atoms with van der Waals surface area (Å²) in [6.07, 6.45) is -0.639. The smallest absolute Gasteiger partial charge is 0.327 e. The lowest BCUT2D eigenvalue weighted by atomic mass is 10.0. The predicted molar refractivity (Wildman–Crippen MR) is 44.5 cm³/mol. The van der Waals surface area contributed by atoms with E-state index in [1.807, 2.05) is 0 Å². The van der Waals surface area contributed by atoms with Gasteiger partial charge in [-0.25, -0.2) is 0 Å². The van der Waals surface area contributed by atoms with Gasteiger partial charge in [0.05, 0.1) is 20.6 Å². The molecule has 0 N–H and O–H groups in total. The third kappa shape index (κ3) is 1.01. The Kier molecular flexibility index (Phi) is 1.95. The molecule has 0 bridgehead atoms. The summed E-state index contributed by atoms with van der Waals surface area (Å²) in [5.74, 6) is -2.22. The Bertz CT molecular complexity index is 315. The van der Waals surface area contributed by atoms with Crippen molar-refractivity contribution in [3.8, 4) is 0 Å². The Hall–Kier alpha value is -1.59. The van der Waals surface area contributed by atoms with E-state index in [0.717, 1.165) is 0 Å². The van der Waals surface area contributed by atoms with Crippen LogP contribution in [0.2, 0.25) is 0 Å². The minimum absolute atomic E-state index is 0.0644. The molecule has 2 aliphatic rings. The van der Waals surface area contributed by atoms with E-state index in [1.165, 1.54) is 14.2 Å². The van der Waals surface area contributed by atoms with E-state index in [-0.39, 0.29) is 6.42 Å². The lowest BCUT2D eigenvalue weighted by molar-refractivity contribution is -0.167. The maximum absolute atomic E-state index is 11.5. The molecule has 1 saturated carbocycles. The number of rotatable bonds is 2. The van der Waals surface area contributed by atoms with Crippen molar-refractivity contribution in [1.82, 2.24) is 0 Å². The van der Waals surface area contributed by atoms with Crippen LogP contribution in [0.1, 0.15) is 6.42 Å². The van der Waals surface area contributed by atoms with Crippen molar-refractivity contribution in [2.45, 2.75) is 12.5 Å². The Morgan fingerprint density at radius 3 is 2.20 bits per heavy atom. The minimum Gasteiger partial charge on any atom is -0.468 e. The van der Waals surface area contributed by atoms with Crippen LogP contribution in [0.15, 0.2) is 0 Å². The van der Waals surface area contributed by atoms with Crippen molar-refractivity contribution < 1.29 is 28.6 Å². The summed E-state index contributed by atoms with van der Waals surface area (Å²) in [5.41, 5.74) is -1.41. The Morgan fingerprint density at radius 2 is 1.87 bits per heavy atom. The monoisotopic (exact) mass is 214 g/mol. The first-order valence-corrected chi connectivity index (χ1v) is 4.45. The third-order valence-corrected chi connectivity index (χ3v) is 2.98. The van der Waals surface area contributed by atoms with E-state index in [1.54, 1.807) is 0 Å². The van der Waals surface area contributed by atoms with Crippen LogP contribution in [0.5, 0.6) is 0 Å². The van der Waals surface area contributed by atoms with Gasteiger partial charge in [0.2, 0.25) is 5.41 Å². The molecule has 15 heavy (non-hydrogen) atoms. The molecule has 1 heterocycles. The van der Waals surface area contributed by atoms with Crippen LogP contribution in [0.25, 0.3) is 0 Å². The number of fused-ring (bicyclic) bond motifs is 1. The van der Waals surface area contributed by atoms with Crippen molar-refractivity contribution >= 4 is 17.9 Å². The second-order valence-electron chi connectivity index (χ2n) is 3.57. The molecule has 0 amide bonds. The van der Waals surface area contributed by atoms with Crippen molar-refractivity contribution in [3.05, 3.63) is 0 Å². The summed E-state index contributed by atoms with van der Waals surface area (Å²) in [4.78, 5) is 33.9. The van der Waals surface area contributed by atoms with E-state index < -0.39 is 35.3 Å². The highest BCUT2D eigenvalue weighted by Gasteiger charge is 2.82. The van der Waals surface area contributed by atoms with Gasteiger partial charge in [-0.1, -0.05) is 0 Å². The van der Waals surface area contributed by atoms with Gasteiger partial charge in [-0.15, -0.1) is 0 Å². The third-order valence-electron chi connectivity index (χ3n) is 2.98. The van der Waals surface area contributed by atoms with Crippen LogP contribution >= 0.6 is 0 Å². The molecule has 2 rings (SSSR count). The summed E-state index contributed by atoms with van der Waals surface area (Å²) in [6, 6.07) is 0. The summed E-state index contributed by atoms with van der Waals surface area (Å²) < 4.78 is 13.9. The van der Waals surface area contributed by atoms with Crippen LogP contribution < -0.4 is 0 Å². The van der Waals surface area contributed by atoms with Crippen molar-refractivity contribution in [2.75, 3.05) is 14.2 Å². The molecule has 0 unspecified atom stereocenters. The lowest BCUT2D eigenvalue weighted by Gasteiger charge is -2.14. The van der Waals surface area contributed by atoms with E-state index in [4.69, 9.17) is 4.74 Å². The molecule has 1 aliphatic heterocycles. The topological polar surface area (TPSA) is 78.9 Å². The zero-order valence-electron chi connectivity index (χ0n) is 8.31. The standard InChI is InChI=1S/C9H10O6/c1-13-7(11)9(8(12)14-2)4-3-5(10)15-6(4)9/h4,6H,3H2,1-2H3/t4-,6+/m0/s1. The number of carbonyl (C=O) groups is 3. The molecule has 1 aliphatic carbocycles. The fourth-order valence-electron chi connectivity index (χ4n) is 2.19. The fourth-order valence-corrected chi connectivity index (χ4v) is 2.19. The highest BCUT2D eigenvalue weighted by molar-refractivity contribution is 6.07. The van der Waals surface area contributed by atoms with Crippen LogP contribution in [0.3, 0.4) is 0 Å². The molecule has 2 atom stereocenters. The molecule has 0 aromatic heterocycles. The summed E-state index contributed by atoms with van der Waals surface area (Å²) >= 11 is 0. The van der Waals surface area contributed by atoms with Crippen LogP contribution in [-0.2, 0) is 28.6 Å². The highest BCUT2D eigenvalue weighted by atomic mass is 16.6. The van der Waals surface area contributed by atoms with Crippen molar-refractivity contribution in [3.63, 3.8) is 0 Å². The fraction of sp³-hybridized carbons (Fsp3) is 0.667. The quantitative estimate of drug-likeness (QED) is 0.342. The van der Waals surface area contributed by atoms with Crippen molar-refractivity contribution in [1.29, 1.82) is 0 Å².